The summed E-state index contributed by atoms with van der Waals surface area (Å²) < 4.78 is 15.0. The van der Waals surface area contributed by atoms with Gasteiger partial charge in [-0.25, -0.2) is 9.37 Å². The number of hydrogen-bond donors (Lipinski definition) is 1. The van der Waals surface area contributed by atoms with E-state index >= 15 is 0 Å². The van der Waals surface area contributed by atoms with E-state index in [1.807, 2.05) is 24.7 Å². The second-order valence-electron chi connectivity index (χ2n) is 5.04. The normalized spacial score (nSPS) is 12.9. The molecule has 0 aliphatic heterocycles. The lowest BCUT2D eigenvalue weighted by atomic mass is 10.1. The van der Waals surface area contributed by atoms with Gasteiger partial charge in [0.25, 0.3) is 0 Å². The Morgan fingerprint density at radius 3 is 2.53 bits per heavy atom. The van der Waals surface area contributed by atoms with Gasteiger partial charge in [-0.2, -0.15) is 0 Å². The molecule has 102 valence electrons. The maximum absolute atomic E-state index is 12.9. The zero-order chi connectivity index (χ0) is 13.8. The first-order valence-electron chi connectivity index (χ1n) is 6.57. The fourth-order valence-corrected chi connectivity index (χ4v) is 2.06. The number of imidazole rings is 1. The molecule has 0 saturated heterocycles. The SMILES string of the molecule is CC(NCc1cncn1C(C)C)c1ccc(F)cc1. The van der Waals surface area contributed by atoms with Crippen molar-refractivity contribution in [3.8, 4) is 0 Å². The molecule has 2 aromatic rings. The Morgan fingerprint density at radius 2 is 1.89 bits per heavy atom. The highest BCUT2D eigenvalue weighted by Gasteiger charge is 2.08. The van der Waals surface area contributed by atoms with Crippen molar-refractivity contribution in [1.82, 2.24) is 14.9 Å². The third-order valence-corrected chi connectivity index (χ3v) is 3.26. The lowest BCUT2D eigenvalue weighted by Crippen LogP contribution is -2.20. The molecule has 4 heteroatoms. The van der Waals surface area contributed by atoms with E-state index in [4.69, 9.17) is 0 Å². The summed E-state index contributed by atoms with van der Waals surface area (Å²) in [5, 5.41) is 3.43. The van der Waals surface area contributed by atoms with Gasteiger partial charge in [-0.1, -0.05) is 12.1 Å². The van der Waals surface area contributed by atoms with Gasteiger partial charge in [0.15, 0.2) is 0 Å². The maximum Gasteiger partial charge on any atom is 0.123 e. The van der Waals surface area contributed by atoms with Gasteiger partial charge < -0.3 is 9.88 Å². The van der Waals surface area contributed by atoms with Gasteiger partial charge in [-0.15, -0.1) is 0 Å². The lowest BCUT2D eigenvalue weighted by Gasteiger charge is -2.16. The Labute approximate surface area is 113 Å². The van der Waals surface area contributed by atoms with E-state index in [1.54, 1.807) is 0 Å². The molecule has 1 N–H and O–H groups in total. The summed E-state index contributed by atoms with van der Waals surface area (Å²) in [5.74, 6) is -0.200. The molecule has 0 aliphatic carbocycles. The molecule has 0 bridgehead atoms. The Morgan fingerprint density at radius 1 is 1.21 bits per heavy atom. The third-order valence-electron chi connectivity index (χ3n) is 3.26. The van der Waals surface area contributed by atoms with Gasteiger partial charge in [0.05, 0.1) is 12.0 Å². The van der Waals surface area contributed by atoms with Crippen molar-refractivity contribution in [3.63, 3.8) is 0 Å². The van der Waals surface area contributed by atoms with Crippen LogP contribution < -0.4 is 5.32 Å². The molecular weight excluding hydrogens is 241 g/mol. The van der Waals surface area contributed by atoms with Crippen molar-refractivity contribution in [2.45, 2.75) is 39.4 Å². The van der Waals surface area contributed by atoms with Crippen LogP contribution >= 0.6 is 0 Å². The van der Waals surface area contributed by atoms with Gasteiger partial charge >= 0.3 is 0 Å². The number of aromatic nitrogens is 2. The van der Waals surface area contributed by atoms with Crippen LogP contribution in [-0.4, -0.2) is 9.55 Å². The summed E-state index contributed by atoms with van der Waals surface area (Å²) in [6, 6.07) is 7.19. The minimum atomic E-state index is -0.200. The van der Waals surface area contributed by atoms with Crippen LogP contribution in [0.25, 0.3) is 0 Å². The standard InChI is InChI=1S/C15H20FN3/c1-11(2)19-10-17-8-15(19)9-18-12(3)13-4-6-14(16)7-5-13/h4-8,10-12,18H,9H2,1-3H3. The number of benzene rings is 1. The zero-order valence-corrected chi connectivity index (χ0v) is 11.6. The van der Waals surface area contributed by atoms with Gasteiger partial charge in [-0.05, 0) is 38.5 Å². The van der Waals surface area contributed by atoms with Crippen LogP contribution in [0.3, 0.4) is 0 Å². The smallest absolute Gasteiger partial charge is 0.123 e. The van der Waals surface area contributed by atoms with Gasteiger partial charge in [0, 0.05) is 24.8 Å². The third kappa shape index (κ3) is 3.41. The van der Waals surface area contributed by atoms with Crippen molar-refractivity contribution in [2.75, 3.05) is 0 Å². The molecule has 1 unspecified atom stereocenters. The van der Waals surface area contributed by atoms with Crippen LogP contribution in [0.2, 0.25) is 0 Å². The second kappa shape index (κ2) is 5.97. The molecule has 1 heterocycles. The van der Waals surface area contributed by atoms with Crippen molar-refractivity contribution in [2.24, 2.45) is 0 Å². The summed E-state index contributed by atoms with van der Waals surface area (Å²) in [6.45, 7) is 7.09. The number of hydrogen-bond acceptors (Lipinski definition) is 2. The average molecular weight is 261 g/mol. The van der Waals surface area contributed by atoms with E-state index < -0.39 is 0 Å². The largest absolute Gasteiger partial charge is 0.331 e. The molecule has 0 saturated carbocycles. The summed E-state index contributed by atoms with van der Waals surface area (Å²) in [6.07, 6.45) is 3.73. The quantitative estimate of drug-likeness (QED) is 0.893. The average Bonchev–Trinajstić information content (AvgIpc) is 2.85. The maximum atomic E-state index is 12.9. The van der Waals surface area contributed by atoms with Crippen LogP contribution in [0.15, 0.2) is 36.8 Å². The fourth-order valence-electron chi connectivity index (χ4n) is 2.06. The van der Waals surface area contributed by atoms with E-state index in [2.05, 4.69) is 35.6 Å². The number of rotatable bonds is 5. The van der Waals surface area contributed by atoms with E-state index in [-0.39, 0.29) is 11.9 Å². The monoisotopic (exact) mass is 261 g/mol. The predicted octanol–water partition coefficient (Wildman–Crippen LogP) is 3.45. The summed E-state index contributed by atoms with van der Waals surface area (Å²) in [5.41, 5.74) is 2.24. The Balaban J connectivity index is 1.98. The minimum absolute atomic E-state index is 0.177. The lowest BCUT2D eigenvalue weighted by molar-refractivity contribution is 0.517. The highest BCUT2D eigenvalue weighted by Crippen LogP contribution is 2.15. The van der Waals surface area contributed by atoms with Gasteiger partial charge in [0.2, 0.25) is 0 Å². The van der Waals surface area contributed by atoms with Crippen LogP contribution in [-0.2, 0) is 6.54 Å². The summed E-state index contributed by atoms with van der Waals surface area (Å²) >= 11 is 0. The van der Waals surface area contributed by atoms with Crippen molar-refractivity contribution < 1.29 is 4.39 Å². The van der Waals surface area contributed by atoms with Crippen molar-refractivity contribution in [3.05, 3.63) is 53.9 Å². The first kappa shape index (κ1) is 13.7. The van der Waals surface area contributed by atoms with Crippen LogP contribution in [0.4, 0.5) is 4.39 Å². The number of nitrogens with one attached hydrogen (secondary N) is 1. The highest BCUT2D eigenvalue weighted by atomic mass is 19.1. The van der Waals surface area contributed by atoms with Crippen molar-refractivity contribution >= 4 is 0 Å². The molecule has 0 amide bonds. The van der Waals surface area contributed by atoms with Gasteiger partial charge in [0.1, 0.15) is 5.82 Å². The van der Waals surface area contributed by atoms with E-state index in [0.717, 1.165) is 17.8 Å². The van der Waals surface area contributed by atoms with Crippen LogP contribution in [0, 0.1) is 5.82 Å². The molecule has 1 atom stereocenters. The van der Waals surface area contributed by atoms with Gasteiger partial charge in [-0.3, -0.25) is 0 Å². The molecule has 2 rings (SSSR count). The first-order chi connectivity index (χ1) is 9.08. The van der Waals surface area contributed by atoms with Crippen LogP contribution in [0.1, 0.15) is 44.1 Å². The van der Waals surface area contributed by atoms with Crippen molar-refractivity contribution in [1.29, 1.82) is 0 Å². The molecule has 1 aromatic carbocycles. The summed E-state index contributed by atoms with van der Waals surface area (Å²) in [7, 11) is 0. The second-order valence-corrected chi connectivity index (χ2v) is 5.04. The fraction of sp³-hybridized carbons (Fsp3) is 0.400. The molecule has 3 nitrogen and oxygen atoms in total. The Hall–Kier alpha value is -1.68. The Bertz CT molecular complexity index is 516. The first-order valence-corrected chi connectivity index (χ1v) is 6.57. The van der Waals surface area contributed by atoms with E-state index in [0.29, 0.717) is 6.04 Å². The molecule has 0 aliphatic rings. The highest BCUT2D eigenvalue weighted by molar-refractivity contribution is 5.19. The topological polar surface area (TPSA) is 29.9 Å². The number of halogens is 1. The summed E-state index contributed by atoms with van der Waals surface area (Å²) in [4.78, 5) is 4.18. The molecule has 0 fully saturated rings. The molecule has 0 spiro atoms. The zero-order valence-electron chi connectivity index (χ0n) is 11.6. The minimum Gasteiger partial charge on any atom is -0.331 e. The predicted molar refractivity (Wildman–Crippen MR) is 74.3 cm³/mol. The van der Waals surface area contributed by atoms with Crippen LogP contribution in [0.5, 0.6) is 0 Å². The molecular formula is C15H20FN3. The van der Waals surface area contributed by atoms with E-state index in [9.17, 15) is 4.39 Å². The molecule has 0 radical (unpaired) electrons. The Kier molecular flexibility index (Phi) is 4.32. The molecule has 19 heavy (non-hydrogen) atoms. The van der Waals surface area contributed by atoms with E-state index in [1.165, 1.54) is 12.1 Å². The molecule has 1 aromatic heterocycles. The number of nitrogens with zero attached hydrogens (tertiary/aromatic N) is 2.